The van der Waals surface area contributed by atoms with Crippen LogP contribution in [0.1, 0.15) is 33.3 Å². The van der Waals surface area contributed by atoms with E-state index in [1.165, 1.54) is 0 Å². The molecule has 170 valence electrons. The van der Waals surface area contributed by atoms with Gasteiger partial charge in [0.05, 0.1) is 7.11 Å². The molecule has 0 saturated heterocycles. The molecule has 0 radical (unpaired) electrons. The van der Waals surface area contributed by atoms with E-state index in [0.717, 1.165) is 11.3 Å². The van der Waals surface area contributed by atoms with E-state index in [1.807, 2.05) is 31.2 Å². The highest BCUT2D eigenvalue weighted by Gasteiger charge is 2.15. The van der Waals surface area contributed by atoms with E-state index in [1.54, 1.807) is 27.9 Å². The molecule has 0 aliphatic rings. The van der Waals surface area contributed by atoms with Gasteiger partial charge in [0.25, 0.3) is 0 Å². The van der Waals surface area contributed by atoms with Gasteiger partial charge in [-0.1, -0.05) is 12.1 Å². The maximum atomic E-state index is 12.0. The Morgan fingerprint density at radius 1 is 1.00 bits per heavy atom. The number of benzene rings is 1. The van der Waals surface area contributed by atoms with Crippen molar-refractivity contribution in [2.45, 2.75) is 39.8 Å². The first-order valence-electron chi connectivity index (χ1n) is 9.62. The van der Waals surface area contributed by atoms with Gasteiger partial charge in [-0.3, -0.25) is 4.79 Å². The maximum absolute atomic E-state index is 12.0. The van der Waals surface area contributed by atoms with E-state index in [2.05, 4.69) is 26.3 Å². The van der Waals surface area contributed by atoms with Gasteiger partial charge in [-0.25, -0.2) is 9.79 Å². The van der Waals surface area contributed by atoms with Crippen LogP contribution in [0.4, 0.5) is 4.79 Å². The number of methoxy groups -OCH3 is 1. The molecule has 0 aliphatic heterocycles. The third-order valence-electron chi connectivity index (χ3n) is 3.46. The van der Waals surface area contributed by atoms with Crippen molar-refractivity contribution in [2.75, 3.05) is 33.3 Å². The Balaban J connectivity index is 0.00000841. The van der Waals surface area contributed by atoms with E-state index in [0.29, 0.717) is 32.1 Å². The van der Waals surface area contributed by atoms with Crippen molar-refractivity contribution in [1.29, 1.82) is 0 Å². The lowest BCUT2D eigenvalue weighted by Gasteiger charge is -2.19. The molecule has 0 aromatic heterocycles. The van der Waals surface area contributed by atoms with Gasteiger partial charge in [-0.05, 0) is 45.4 Å². The molecular weight excluding hydrogens is 501 g/mol. The second-order valence-electron chi connectivity index (χ2n) is 7.18. The molecule has 1 rings (SSSR count). The molecule has 0 unspecified atom stereocenters. The van der Waals surface area contributed by atoms with Gasteiger partial charge < -0.3 is 30.7 Å². The first-order valence-corrected chi connectivity index (χ1v) is 9.62. The van der Waals surface area contributed by atoms with E-state index in [-0.39, 0.29) is 36.4 Å². The molecule has 30 heavy (non-hydrogen) atoms. The fourth-order valence-corrected chi connectivity index (χ4v) is 2.15. The molecule has 9 nitrogen and oxygen atoms in total. The largest absolute Gasteiger partial charge is 0.497 e. The number of nitrogens with zero attached hydrogens (tertiary/aromatic N) is 1. The summed E-state index contributed by atoms with van der Waals surface area (Å²) < 4.78 is 10.3. The van der Waals surface area contributed by atoms with Crippen LogP contribution < -0.4 is 26.0 Å². The zero-order chi connectivity index (χ0) is 21.7. The van der Waals surface area contributed by atoms with Crippen LogP contribution in [0.15, 0.2) is 29.3 Å². The Hall–Kier alpha value is -2.24. The predicted molar refractivity (Wildman–Crippen MR) is 128 cm³/mol. The normalized spacial score (nSPS) is 11.0. The minimum Gasteiger partial charge on any atom is -0.497 e. The smallest absolute Gasteiger partial charge is 0.407 e. The van der Waals surface area contributed by atoms with Crippen molar-refractivity contribution in [2.24, 2.45) is 4.99 Å². The molecule has 0 fully saturated rings. The van der Waals surface area contributed by atoms with Crippen LogP contribution in [0.25, 0.3) is 0 Å². The Morgan fingerprint density at radius 3 is 2.20 bits per heavy atom. The summed E-state index contributed by atoms with van der Waals surface area (Å²) in [6.07, 6.45) is -0.473. The molecule has 0 aliphatic carbocycles. The Kier molecular flexibility index (Phi) is 13.6. The number of carbonyl (C=O) groups is 2. The molecule has 0 saturated carbocycles. The van der Waals surface area contributed by atoms with Crippen molar-refractivity contribution < 1.29 is 19.1 Å². The van der Waals surface area contributed by atoms with E-state index >= 15 is 0 Å². The van der Waals surface area contributed by atoms with Crippen molar-refractivity contribution >= 4 is 41.9 Å². The lowest BCUT2D eigenvalue weighted by molar-refractivity contribution is -0.119. The molecule has 0 heterocycles. The summed E-state index contributed by atoms with van der Waals surface area (Å²) >= 11 is 0. The highest BCUT2D eigenvalue weighted by molar-refractivity contribution is 14.0. The van der Waals surface area contributed by atoms with Crippen molar-refractivity contribution in [3.63, 3.8) is 0 Å². The minimum absolute atomic E-state index is 0. The number of carbonyl (C=O) groups excluding carboxylic acids is 2. The lowest BCUT2D eigenvalue weighted by atomic mass is 10.2. The lowest BCUT2D eigenvalue weighted by Crippen LogP contribution is -2.43. The highest BCUT2D eigenvalue weighted by Crippen LogP contribution is 2.10. The van der Waals surface area contributed by atoms with Gasteiger partial charge in [0.1, 0.15) is 17.9 Å². The van der Waals surface area contributed by atoms with Gasteiger partial charge in [0.15, 0.2) is 5.96 Å². The van der Waals surface area contributed by atoms with E-state index in [9.17, 15) is 9.59 Å². The number of hydrogen-bond donors (Lipinski definition) is 4. The fraction of sp³-hybridized carbons (Fsp3) is 0.550. The molecule has 1 aromatic rings. The Bertz CT molecular complexity index is 675. The third kappa shape index (κ3) is 13.1. The van der Waals surface area contributed by atoms with Crippen molar-refractivity contribution in [3.8, 4) is 5.75 Å². The number of amides is 2. The van der Waals surface area contributed by atoms with Gasteiger partial charge >= 0.3 is 6.09 Å². The summed E-state index contributed by atoms with van der Waals surface area (Å²) in [6.45, 7) is 9.22. The van der Waals surface area contributed by atoms with E-state index < -0.39 is 11.7 Å². The number of rotatable bonds is 9. The summed E-state index contributed by atoms with van der Waals surface area (Å²) in [5.74, 6) is 1.08. The van der Waals surface area contributed by atoms with Crippen molar-refractivity contribution in [1.82, 2.24) is 21.3 Å². The number of ether oxygens (including phenoxy) is 2. The average Bonchev–Trinajstić information content (AvgIpc) is 2.66. The number of aliphatic imine (C=N–C) groups is 1. The average molecular weight is 535 g/mol. The maximum Gasteiger partial charge on any atom is 0.407 e. The number of nitrogens with one attached hydrogen (secondary N) is 4. The van der Waals surface area contributed by atoms with Gasteiger partial charge in [0.2, 0.25) is 5.91 Å². The van der Waals surface area contributed by atoms with Gasteiger partial charge in [-0.15, -0.1) is 24.0 Å². The first kappa shape index (κ1) is 27.8. The van der Waals surface area contributed by atoms with E-state index in [4.69, 9.17) is 9.47 Å². The third-order valence-corrected chi connectivity index (χ3v) is 3.46. The zero-order valence-electron chi connectivity index (χ0n) is 18.3. The summed E-state index contributed by atoms with van der Waals surface area (Å²) in [4.78, 5) is 27.9. The van der Waals surface area contributed by atoms with Gasteiger partial charge in [0, 0.05) is 26.2 Å². The van der Waals surface area contributed by atoms with Crippen LogP contribution in [0, 0.1) is 0 Å². The Morgan fingerprint density at radius 2 is 1.63 bits per heavy atom. The molecule has 0 bridgehead atoms. The highest BCUT2D eigenvalue weighted by atomic mass is 127. The first-order chi connectivity index (χ1) is 13.7. The molecule has 0 atom stereocenters. The summed E-state index contributed by atoms with van der Waals surface area (Å²) in [5.41, 5.74) is 0.439. The Labute approximate surface area is 195 Å². The molecule has 2 amide bonds. The predicted octanol–water partition coefficient (Wildman–Crippen LogP) is 2.01. The molecule has 0 spiro atoms. The number of alkyl carbamates (subject to hydrolysis) is 1. The standard InChI is InChI=1S/C20H33N5O4.HI/c1-6-21-18(22-11-12-23-19(27)29-20(2,3)4)25-14-17(26)24-13-15-7-9-16(28-5)10-8-15;/h7-10H,6,11-14H2,1-5H3,(H,23,27)(H,24,26)(H2,21,22,25);1H. The van der Waals surface area contributed by atoms with Crippen LogP contribution in [0.3, 0.4) is 0 Å². The number of hydrogen-bond acceptors (Lipinski definition) is 5. The van der Waals surface area contributed by atoms with Gasteiger partial charge in [-0.2, -0.15) is 0 Å². The second-order valence-corrected chi connectivity index (χ2v) is 7.18. The number of guanidine groups is 1. The quantitative estimate of drug-likeness (QED) is 0.167. The van der Waals surface area contributed by atoms with Crippen LogP contribution in [0.2, 0.25) is 0 Å². The molecule has 10 heteroatoms. The molecular formula is C20H34IN5O4. The van der Waals surface area contributed by atoms with Crippen LogP contribution in [-0.4, -0.2) is 56.8 Å². The topological polar surface area (TPSA) is 113 Å². The van der Waals surface area contributed by atoms with Crippen LogP contribution >= 0.6 is 24.0 Å². The second kappa shape index (κ2) is 14.7. The summed E-state index contributed by atoms with van der Waals surface area (Å²) in [6, 6.07) is 7.48. The zero-order valence-corrected chi connectivity index (χ0v) is 20.7. The minimum atomic E-state index is -0.535. The SMILES string of the molecule is CCNC(=NCC(=O)NCc1ccc(OC)cc1)NCCNC(=O)OC(C)(C)C.I. The van der Waals surface area contributed by atoms with Crippen LogP contribution in [0.5, 0.6) is 5.75 Å². The molecule has 4 N–H and O–H groups in total. The summed E-state index contributed by atoms with van der Waals surface area (Å²) in [5, 5.41) is 11.6. The molecule has 1 aromatic carbocycles. The fourth-order valence-electron chi connectivity index (χ4n) is 2.15. The van der Waals surface area contributed by atoms with Crippen molar-refractivity contribution in [3.05, 3.63) is 29.8 Å². The van der Waals surface area contributed by atoms with Crippen LogP contribution in [-0.2, 0) is 16.1 Å². The summed E-state index contributed by atoms with van der Waals surface area (Å²) in [7, 11) is 1.61. The number of halogens is 1. The monoisotopic (exact) mass is 535 g/mol.